The molecule has 1 heterocycles. The number of nitrogens with zero attached hydrogens (tertiary/aromatic N) is 1. The second kappa shape index (κ2) is 6.35. The number of para-hydroxylation sites is 1. The van der Waals surface area contributed by atoms with Gasteiger partial charge in [0.1, 0.15) is 0 Å². The number of carbonyl (C=O) groups is 1. The molecular formula is C16H18FN3O. The number of halogens is 1. The first kappa shape index (κ1) is 15.0. The van der Waals surface area contributed by atoms with Gasteiger partial charge in [-0.25, -0.2) is 9.37 Å². The first-order chi connectivity index (χ1) is 10.0. The lowest BCUT2D eigenvalue weighted by Gasteiger charge is -2.14. The Morgan fingerprint density at radius 3 is 2.62 bits per heavy atom. The van der Waals surface area contributed by atoms with E-state index in [9.17, 15) is 9.18 Å². The van der Waals surface area contributed by atoms with Gasteiger partial charge in [-0.15, -0.1) is 0 Å². The van der Waals surface area contributed by atoms with Crippen LogP contribution in [0.3, 0.4) is 0 Å². The molecule has 0 spiro atoms. The van der Waals surface area contributed by atoms with Crippen molar-refractivity contribution in [2.24, 2.45) is 0 Å². The van der Waals surface area contributed by atoms with Gasteiger partial charge >= 0.3 is 0 Å². The average Bonchev–Trinajstić information content (AvgIpc) is 2.47. The van der Waals surface area contributed by atoms with Crippen LogP contribution in [0.1, 0.15) is 35.7 Å². The molecule has 0 aliphatic rings. The summed E-state index contributed by atoms with van der Waals surface area (Å²) in [5, 5.41) is 5.38. The number of benzene rings is 1. The van der Waals surface area contributed by atoms with Crippen molar-refractivity contribution >= 4 is 17.4 Å². The number of hydrogen-bond acceptors (Lipinski definition) is 3. The Balaban J connectivity index is 2.31. The molecule has 1 aromatic heterocycles. The molecule has 110 valence electrons. The largest absolute Gasteiger partial charge is 0.371 e. The molecule has 4 nitrogen and oxygen atoms in total. The molecule has 0 atom stereocenters. The van der Waals surface area contributed by atoms with E-state index in [0.29, 0.717) is 5.69 Å². The number of pyridine rings is 1. The number of anilines is 2. The third kappa shape index (κ3) is 3.18. The molecule has 2 rings (SSSR count). The lowest BCUT2D eigenvalue weighted by Crippen LogP contribution is -2.16. The summed E-state index contributed by atoms with van der Waals surface area (Å²) in [7, 11) is 1.56. The van der Waals surface area contributed by atoms with E-state index in [1.807, 2.05) is 38.1 Å². The maximum absolute atomic E-state index is 14.1. The van der Waals surface area contributed by atoms with Crippen LogP contribution in [0.25, 0.3) is 0 Å². The summed E-state index contributed by atoms with van der Waals surface area (Å²) in [6.07, 6.45) is 1.40. The van der Waals surface area contributed by atoms with Crippen LogP contribution in [-0.4, -0.2) is 17.9 Å². The van der Waals surface area contributed by atoms with E-state index >= 15 is 0 Å². The highest BCUT2D eigenvalue weighted by Gasteiger charge is 2.17. The monoisotopic (exact) mass is 287 g/mol. The zero-order valence-corrected chi connectivity index (χ0v) is 12.3. The normalized spacial score (nSPS) is 10.5. The van der Waals surface area contributed by atoms with Gasteiger partial charge in [-0.1, -0.05) is 32.0 Å². The smallest absolute Gasteiger partial charge is 0.258 e. The van der Waals surface area contributed by atoms with Gasteiger partial charge in [0, 0.05) is 18.9 Å². The number of amides is 1. The van der Waals surface area contributed by atoms with Gasteiger partial charge in [-0.3, -0.25) is 4.79 Å². The van der Waals surface area contributed by atoms with E-state index in [1.54, 1.807) is 7.05 Å². The number of carbonyl (C=O) groups excluding carboxylic acids is 1. The maximum Gasteiger partial charge on any atom is 0.258 e. The van der Waals surface area contributed by atoms with E-state index in [0.717, 1.165) is 5.56 Å². The fraction of sp³-hybridized carbons (Fsp3) is 0.250. The molecular weight excluding hydrogens is 269 g/mol. The van der Waals surface area contributed by atoms with Gasteiger partial charge in [-0.2, -0.15) is 0 Å². The second-order valence-electron chi connectivity index (χ2n) is 4.97. The minimum absolute atomic E-state index is 0.0343. The summed E-state index contributed by atoms with van der Waals surface area (Å²) in [5.74, 6) is -0.824. The summed E-state index contributed by atoms with van der Waals surface area (Å²) in [5.41, 5.74) is 1.67. The van der Waals surface area contributed by atoms with Gasteiger partial charge in [0.2, 0.25) is 0 Å². The Labute approximate surface area is 123 Å². The predicted octanol–water partition coefficient (Wildman–Crippen LogP) is 3.64. The minimum Gasteiger partial charge on any atom is -0.371 e. The van der Waals surface area contributed by atoms with Crippen LogP contribution in [0, 0.1) is 5.82 Å². The quantitative estimate of drug-likeness (QED) is 0.902. The molecule has 0 aliphatic carbocycles. The number of nitrogens with one attached hydrogen (secondary N) is 2. The molecule has 1 aromatic carbocycles. The molecule has 0 bridgehead atoms. The van der Waals surface area contributed by atoms with Crippen molar-refractivity contribution in [1.29, 1.82) is 0 Å². The van der Waals surface area contributed by atoms with E-state index in [2.05, 4.69) is 15.6 Å². The molecule has 0 unspecified atom stereocenters. The van der Waals surface area contributed by atoms with Crippen molar-refractivity contribution in [2.45, 2.75) is 19.8 Å². The van der Waals surface area contributed by atoms with Crippen LogP contribution in [0.15, 0.2) is 36.5 Å². The van der Waals surface area contributed by atoms with Crippen molar-refractivity contribution in [3.05, 3.63) is 53.5 Å². The van der Waals surface area contributed by atoms with Crippen molar-refractivity contribution in [2.75, 3.05) is 17.7 Å². The molecule has 0 aliphatic heterocycles. The summed E-state index contributed by atoms with van der Waals surface area (Å²) in [6.45, 7) is 4.08. The van der Waals surface area contributed by atoms with Crippen molar-refractivity contribution < 1.29 is 9.18 Å². The van der Waals surface area contributed by atoms with Crippen LogP contribution in [0.5, 0.6) is 0 Å². The lowest BCUT2D eigenvalue weighted by atomic mass is 10.0. The molecule has 0 saturated heterocycles. The Kier molecular flexibility index (Phi) is 4.52. The molecule has 21 heavy (non-hydrogen) atoms. The summed E-state index contributed by atoms with van der Waals surface area (Å²) >= 11 is 0. The van der Waals surface area contributed by atoms with E-state index in [4.69, 9.17) is 0 Å². The number of aromatic nitrogens is 1. The van der Waals surface area contributed by atoms with Gasteiger partial charge in [0.25, 0.3) is 5.91 Å². The Bertz CT molecular complexity index is 656. The summed E-state index contributed by atoms with van der Waals surface area (Å²) < 4.78 is 14.1. The Hall–Kier alpha value is -2.43. The number of rotatable bonds is 4. The minimum atomic E-state index is -0.653. The number of hydrogen-bond donors (Lipinski definition) is 2. The third-order valence-electron chi connectivity index (χ3n) is 3.20. The highest BCUT2D eigenvalue weighted by Crippen LogP contribution is 2.25. The SMILES string of the molecule is CNc1nccc(C(=O)Nc2ccccc2C(C)C)c1F. The fourth-order valence-corrected chi connectivity index (χ4v) is 2.10. The van der Waals surface area contributed by atoms with Gasteiger partial charge in [-0.05, 0) is 23.6 Å². The van der Waals surface area contributed by atoms with Gasteiger partial charge < -0.3 is 10.6 Å². The van der Waals surface area contributed by atoms with Gasteiger partial charge in [0.05, 0.1) is 5.56 Å². The lowest BCUT2D eigenvalue weighted by molar-refractivity contribution is 0.102. The molecule has 0 fully saturated rings. The van der Waals surface area contributed by atoms with Crippen LogP contribution in [0.2, 0.25) is 0 Å². The van der Waals surface area contributed by atoms with E-state index in [-0.39, 0.29) is 17.3 Å². The standard InChI is InChI=1S/C16H18FN3O/c1-10(2)11-6-4-5-7-13(11)20-16(21)12-8-9-19-15(18-3)14(12)17/h4-10H,1-3H3,(H,18,19)(H,20,21). The topological polar surface area (TPSA) is 54.0 Å². The summed E-state index contributed by atoms with van der Waals surface area (Å²) in [6, 6.07) is 8.87. The van der Waals surface area contributed by atoms with E-state index in [1.165, 1.54) is 12.3 Å². The first-order valence-electron chi connectivity index (χ1n) is 6.77. The molecule has 0 radical (unpaired) electrons. The zero-order valence-electron chi connectivity index (χ0n) is 12.3. The predicted molar refractivity (Wildman–Crippen MR) is 82.2 cm³/mol. The van der Waals surface area contributed by atoms with Gasteiger partial charge in [0.15, 0.2) is 11.6 Å². The molecule has 2 aromatic rings. The maximum atomic E-state index is 14.1. The van der Waals surface area contributed by atoms with Crippen LogP contribution in [0.4, 0.5) is 15.9 Å². The molecule has 5 heteroatoms. The molecule has 1 amide bonds. The fourth-order valence-electron chi connectivity index (χ4n) is 2.10. The summed E-state index contributed by atoms with van der Waals surface area (Å²) in [4.78, 5) is 16.1. The average molecular weight is 287 g/mol. The van der Waals surface area contributed by atoms with Crippen LogP contribution < -0.4 is 10.6 Å². The highest BCUT2D eigenvalue weighted by atomic mass is 19.1. The van der Waals surface area contributed by atoms with Crippen LogP contribution >= 0.6 is 0 Å². The molecule has 0 saturated carbocycles. The van der Waals surface area contributed by atoms with Crippen LogP contribution in [-0.2, 0) is 0 Å². The Morgan fingerprint density at radius 1 is 1.24 bits per heavy atom. The van der Waals surface area contributed by atoms with Crippen molar-refractivity contribution in [3.63, 3.8) is 0 Å². The highest BCUT2D eigenvalue weighted by molar-refractivity contribution is 6.05. The van der Waals surface area contributed by atoms with E-state index < -0.39 is 11.7 Å². The Morgan fingerprint density at radius 2 is 1.95 bits per heavy atom. The zero-order chi connectivity index (χ0) is 15.4. The van der Waals surface area contributed by atoms with Crippen molar-refractivity contribution in [1.82, 2.24) is 4.98 Å². The first-order valence-corrected chi connectivity index (χ1v) is 6.77. The van der Waals surface area contributed by atoms with Crippen molar-refractivity contribution in [3.8, 4) is 0 Å². The second-order valence-corrected chi connectivity index (χ2v) is 4.97. The molecule has 2 N–H and O–H groups in total. The third-order valence-corrected chi connectivity index (χ3v) is 3.20.